The van der Waals surface area contributed by atoms with Gasteiger partial charge in [-0.3, -0.25) is 0 Å². The third-order valence-electron chi connectivity index (χ3n) is 11.9. The molecule has 338 valence electrons. The Labute approximate surface area is 387 Å². The van der Waals surface area contributed by atoms with Gasteiger partial charge in [-0.2, -0.15) is 5.26 Å². The first-order valence-electron chi connectivity index (χ1n) is 21.9. The maximum atomic E-state index is 16.2. The SMILES string of the molecule is CC/C=C\N=C(N)c1ccc2c(c1)c1cc(C(N)=N/C=C\CC)ccc1n2-c1cc(-c2c(F)c(F)c(F)c(F)c2F)cc(-n2c3ccc(-c4ncccn4)cc3c3cc(C(C)C)ccc32)c1C#N. The van der Waals surface area contributed by atoms with Crippen molar-refractivity contribution in [1.29, 1.82) is 5.26 Å². The quantitative estimate of drug-likeness (QED) is 0.0438. The molecule has 14 heteroatoms. The monoisotopic (exact) mass is 911 g/mol. The Bertz CT molecular complexity index is 3550. The van der Waals surface area contributed by atoms with E-state index in [9.17, 15) is 9.65 Å². The fourth-order valence-electron chi connectivity index (χ4n) is 8.56. The predicted molar refractivity (Wildman–Crippen MR) is 260 cm³/mol. The average molecular weight is 912 g/mol. The number of hydrogen-bond acceptors (Lipinski definition) is 5. The smallest absolute Gasteiger partial charge is 0.200 e. The number of allylic oxidation sites excluding steroid dienone is 2. The van der Waals surface area contributed by atoms with E-state index in [0.717, 1.165) is 29.2 Å². The van der Waals surface area contributed by atoms with Crippen molar-refractivity contribution in [1.82, 2.24) is 19.1 Å². The van der Waals surface area contributed by atoms with E-state index in [1.165, 1.54) is 12.1 Å². The molecule has 6 aromatic carbocycles. The number of aromatic nitrogens is 4. The first kappa shape index (κ1) is 44.7. The lowest BCUT2D eigenvalue weighted by Gasteiger charge is -2.19. The van der Waals surface area contributed by atoms with E-state index in [2.05, 4.69) is 39.9 Å². The molecular formula is C54H42F5N9. The number of amidine groups is 2. The summed E-state index contributed by atoms with van der Waals surface area (Å²) < 4.78 is 80.9. The van der Waals surface area contributed by atoms with Gasteiger partial charge >= 0.3 is 0 Å². The number of aliphatic imine (C=N–C) groups is 2. The Hall–Kier alpha value is -8.44. The first-order chi connectivity index (χ1) is 32.9. The average Bonchev–Trinajstić information content (AvgIpc) is 3.86. The fraction of sp³-hybridized carbons (Fsp3) is 0.130. The summed E-state index contributed by atoms with van der Waals surface area (Å²) in [5.74, 6) is -9.55. The zero-order chi connectivity index (χ0) is 48.0. The summed E-state index contributed by atoms with van der Waals surface area (Å²) in [7, 11) is 0. The molecule has 0 atom stereocenters. The summed E-state index contributed by atoms with van der Waals surface area (Å²) in [5.41, 5.74) is 16.7. The van der Waals surface area contributed by atoms with Gasteiger partial charge in [0, 0.05) is 63.0 Å². The number of fused-ring (bicyclic) bond motifs is 6. The summed E-state index contributed by atoms with van der Waals surface area (Å²) in [5, 5.41) is 14.2. The van der Waals surface area contributed by atoms with Gasteiger partial charge in [0.25, 0.3) is 0 Å². The van der Waals surface area contributed by atoms with E-state index in [0.29, 0.717) is 55.4 Å². The summed E-state index contributed by atoms with van der Waals surface area (Å²) in [4.78, 5) is 17.7. The van der Waals surface area contributed by atoms with Crippen molar-refractivity contribution in [2.45, 2.75) is 46.5 Å². The number of nitriles is 1. The van der Waals surface area contributed by atoms with Crippen LogP contribution in [0.5, 0.6) is 0 Å². The van der Waals surface area contributed by atoms with E-state index in [4.69, 9.17) is 11.5 Å². The minimum Gasteiger partial charge on any atom is -0.383 e. The van der Waals surface area contributed by atoms with Crippen molar-refractivity contribution in [2.75, 3.05) is 0 Å². The Morgan fingerprint density at radius 2 is 1.07 bits per heavy atom. The van der Waals surface area contributed by atoms with Crippen LogP contribution in [0.4, 0.5) is 22.0 Å². The van der Waals surface area contributed by atoms with Crippen LogP contribution in [0.2, 0.25) is 0 Å². The second kappa shape index (κ2) is 18.1. The molecule has 0 aliphatic rings. The lowest BCUT2D eigenvalue weighted by atomic mass is 9.98. The number of nitrogens with zero attached hydrogens (tertiary/aromatic N) is 7. The third-order valence-corrected chi connectivity index (χ3v) is 11.9. The number of benzene rings is 6. The van der Waals surface area contributed by atoms with Gasteiger partial charge in [-0.05, 0) is 115 Å². The van der Waals surface area contributed by atoms with Crippen LogP contribution in [0.1, 0.15) is 68.7 Å². The van der Waals surface area contributed by atoms with E-state index in [1.807, 2.05) is 74.5 Å². The van der Waals surface area contributed by atoms with Gasteiger partial charge in [0.15, 0.2) is 29.1 Å². The van der Waals surface area contributed by atoms with Gasteiger partial charge in [-0.25, -0.2) is 41.9 Å². The molecule has 0 saturated carbocycles. The summed E-state index contributed by atoms with van der Waals surface area (Å²) in [6.45, 7) is 8.06. The molecule has 0 fully saturated rings. The zero-order valence-corrected chi connectivity index (χ0v) is 37.3. The van der Waals surface area contributed by atoms with E-state index < -0.39 is 34.6 Å². The maximum Gasteiger partial charge on any atom is 0.200 e. The molecule has 3 heterocycles. The first-order valence-corrected chi connectivity index (χ1v) is 21.9. The molecule has 0 spiro atoms. The molecule has 0 bridgehead atoms. The minimum absolute atomic E-state index is 0.0170. The van der Waals surface area contributed by atoms with Gasteiger partial charge in [-0.15, -0.1) is 0 Å². The molecule has 9 nitrogen and oxygen atoms in total. The highest BCUT2D eigenvalue weighted by molar-refractivity contribution is 6.15. The second-order valence-corrected chi connectivity index (χ2v) is 16.4. The lowest BCUT2D eigenvalue weighted by molar-refractivity contribution is 0.381. The molecule has 0 aliphatic carbocycles. The number of hydrogen-bond donors (Lipinski definition) is 2. The molecule has 0 unspecified atom stereocenters. The highest BCUT2D eigenvalue weighted by Gasteiger charge is 2.30. The molecule has 9 rings (SSSR count). The minimum atomic E-state index is -2.30. The van der Waals surface area contributed by atoms with Crippen molar-refractivity contribution in [3.8, 4) is 40.0 Å². The lowest BCUT2D eigenvalue weighted by Crippen LogP contribution is -2.12. The molecule has 0 radical (unpaired) electrons. The van der Waals surface area contributed by atoms with E-state index in [-0.39, 0.29) is 40.1 Å². The third kappa shape index (κ3) is 7.61. The molecule has 0 amide bonds. The molecule has 68 heavy (non-hydrogen) atoms. The van der Waals surface area contributed by atoms with Crippen LogP contribution in [-0.2, 0) is 0 Å². The van der Waals surface area contributed by atoms with E-state index in [1.54, 1.807) is 64.3 Å². The Balaban J connectivity index is 1.43. The van der Waals surface area contributed by atoms with Crippen LogP contribution in [0.3, 0.4) is 0 Å². The summed E-state index contributed by atoms with van der Waals surface area (Å²) in [6, 6.07) is 28.8. The molecule has 0 aliphatic heterocycles. The number of rotatable bonds is 11. The van der Waals surface area contributed by atoms with Crippen LogP contribution in [0.15, 0.2) is 138 Å². The number of halogens is 5. The Morgan fingerprint density at radius 1 is 0.618 bits per heavy atom. The van der Waals surface area contributed by atoms with Gasteiger partial charge in [0.05, 0.1) is 39.0 Å². The second-order valence-electron chi connectivity index (χ2n) is 16.4. The fourth-order valence-corrected chi connectivity index (χ4v) is 8.56. The van der Waals surface area contributed by atoms with Crippen molar-refractivity contribution in [3.63, 3.8) is 0 Å². The Morgan fingerprint density at radius 3 is 1.56 bits per heavy atom. The van der Waals surface area contributed by atoms with Gasteiger partial charge in [0.1, 0.15) is 23.3 Å². The van der Waals surface area contributed by atoms with Crippen molar-refractivity contribution < 1.29 is 22.0 Å². The van der Waals surface area contributed by atoms with Crippen LogP contribution in [0.25, 0.3) is 77.5 Å². The highest BCUT2D eigenvalue weighted by Crippen LogP contribution is 2.43. The van der Waals surface area contributed by atoms with Crippen LogP contribution >= 0.6 is 0 Å². The van der Waals surface area contributed by atoms with Crippen LogP contribution in [-0.4, -0.2) is 30.8 Å². The molecule has 4 N–H and O–H groups in total. The predicted octanol–water partition coefficient (Wildman–Crippen LogP) is 13.0. The van der Waals surface area contributed by atoms with E-state index >= 15 is 17.6 Å². The van der Waals surface area contributed by atoms with Crippen LogP contribution in [0, 0.1) is 40.4 Å². The van der Waals surface area contributed by atoms with Gasteiger partial charge in [-0.1, -0.05) is 45.9 Å². The maximum absolute atomic E-state index is 16.2. The molecule has 9 aromatic rings. The van der Waals surface area contributed by atoms with Crippen molar-refractivity contribution in [2.24, 2.45) is 21.5 Å². The summed E-state index contributed by atoms with van der Waals surface area (Å²) in [6.07, 6.45) is 11.7. The normalized spacial score (nSPS) is 12.6. The molecule has 3 aromatic heterocycles. The summed E-state index contributed by atoms with van der Waals surface area (Å²) >= 11 is 0. The topological polar surface area (TPSA) is 136 Å². The molecular weight excluding hydrogens is 870 g/mol. The zero-order valence-electron chi connectivity index (χ0n) is 37.3. The largest absolute Gasteiger partial charge is 0.383 e. The standard InChI is InChI=1S/C54H42F5N9/c1-5-7-18-63-52(61)31-11-15-41-36(23-31)37-24-32(53(62)64-19-8-6-2)12-16-42(37)68(41)45-27-34(46-47(55)49(57)51(59)50(58)48(46)56)26-44(39(45)28-60)67-40-14-10-30(29(3)4)22-35(40)38-25-33(13-17-43(38)67)54-65-20-9-21-66-54/h7-27,29H,5-6H2,1-4H3,(H2,61,63)(H2,62,64)/b18-7-,19-8-. The van der Waals surface area contributed by atoms with Crippen molar-refractivity contribution >= 4 is 55.3 Å². The van der Waals surface area contributed by atoms with Gasteiger partial charge in [0.2, 0.25) is 5.82 Å². The van der Waals surface area contributed by atoms with Crippen molar-refractivity contribution in [3.05, 3.63) is 179 Å². The van der Waals surface area contributed by atoms with Gasteiger partial charge < -0.3 is 20.6 Å². The highest BCUT2D eigenvalue weighted by atomic mass is 19.2. The van der Waals surface area contributed by atoms with Crippen LogP contribution < -0.4 is 11.5 Å². The molecule has 0 saturated heterocycles. The Kier molecular flexibility index (Phi) is 11.9. The number of nitrogens with two attached hydrogens (primary N) is 2.